The highest BCUT2D eigenvalue weighted by Crippen LogP contribution is 2.32. The first-order valence-electron chi connectivity index (χ1n) is 6.62. The Morgan fingerprint density at radius 1 is 0.917 bits per heavy atom. The SMILES string of the molecule is Cc1cc(S(C)(=O)=O)c(C)c(S(=O)(=O)Oc2ccc(Cl)cc2Cl)c1. The van der Waals surface area contributed by atoms with Crippen molar-refractivity contribution in [1.82, 2.24) is 0 Å². The fraction of sp³-hybridized carbons (Fsp3) is 0.200. The van der Waals surface area contributed by atoms with Gasteiger partial charge in [-0.05, 0) is 55.3 Å². The molecule has 0 spiro atoms. The molecule has 0 saturated heterocycles. The summed E-state index contributed by atoms with van der Waals surface area (Å²) in [4.78, 5) is -0.291. The van der Waals surface area contributed by atoms with Gasteiger partial charge in [0.1, 0.15) is 4.90 Å². The minimum atomic E-state index is -4.28. The summed E-state index contributed by atoms with van der Waals surface area (Å²) in [6.45, 7) is 3.01. The minimum Gasteiger partial charge on any atom is -0.377 e. The van der Waals surface area contributed by atoms with Gasteiger partial charge in [-0.1, -0.05) is 23.2 Å². The molecule has 0 aromatic heterocycles. The van der Waals surface area contributed by atoms with Crippen molar-refractivity contribution in [2.45, 2.75) is 23.6 Å². The van der Waals surface area contributed by atoms with Gasteiger partial charge in [0.25, 0.3) is 0 Å². The summed E-state index contributed by atoms with van der Waals surface area (Å²) in [5, 5.41) is 0.357. The summed E-state index contributed by atoms with van der Waals surface area (Å²) in [5.74, 6) is -0.0946. The van der Waals surface area contributed by atoms with Crippen LogP contribution in [0.4, 0.5) is 0 Å². The molecule has 0 aliphatic heterocycles. The molecule has 5 nitrogen and oxygen atoms in total. The molecule has 0 aliphatic carbocycles. The molecule has 9 heteroatoms. The van der Waals surface area contributed by atoms with Gasteiger partial charge in [-0.25, -0.2) is 8.42 Å². The fourth-order valence-electron chi connectivity index (χ4n) is 2.14. The maximum atomic E-state index is 12.6. The third kappa shape index (κ3) is 4.03. The van der Waals surface area contributed by atoms with Crippen molar-refractivity contribution in [3.8, 4) is 5.75 Å². The number of rotatable bonds is 4. The van der Waals surface area contributed by atoms with Crippen molar-refractivity contribution < 1.29 is 21.0 Å². The Morgan fingerprint density at radius 3 is 2.04 bits per heavy atom. The topological polar surface area (TPSA) is 77.5 Å². The molecule has 0 heterocycles. The van der Waals surface area contributed by atoms with Crippen LogP contribution in [-0.4, -0.2) is 23.1 Å². The number of hydrogen-bond donors (Lipinski definition) is 0. The van der Waals surface area contributed by atoms with Crippen molar-refractivity contribution >= 4 is 43.2 Å². The molecule has 0 saturated carbocycles. The van der Waals surface area contributed by atoms with Crippen LogP contribution in [0, 0.1) is 13.8 Å². The number of halogens is 2. The molecule has 0 atom stereocenters. The maximum absolute atomic E-state index is 12.6. The van der Waals surface area contributed by atoms with Gasteiger partial charge in [-0.15, -0.1) is 0 Å². The number of benzene rings is 2. The zero-order valence-corrected chi connectivity index (χ0v) is 16.1. The van der Waals surface area contributed by atoms with E-state index >= 15 is 0 Å². The van der Waals surface area contributed by atoms with E-state index in [0.717, 1.165) is 6.26 Å². The van der Waals surface area contributed by atoms with Gasteiger partial charge in [0, 0.05) is 11.3 Å². The summed E-state index contributed by atoms with van der Waals surface area (Å²) < 4.78 is 54.0. The van der Waals surface area contributed by atoms with Gasteiger partial charge >= 0.3 is 10.1 Å². The summed E-state index contributed by atoms with van der Waals surface area (Å²) in [5.41, 5.74) is 0.568. The van der Waals surface area contributed by atoms with Crippen LogP contribution in [0.25, 0.3) is 0 Å². The van der Waals surface area contributed by atoms with Crippen molar-refractivity contribution in [1.29, 1.82) is 0 Å². The molecule has 0 fully saturated rings. The summed E-state index contributed by atoms with van der Waals surface area (Å²) >= 11 is 11.7. The Balaban J connectivity index is 2.60. The van der Waals surface area contributed by atoms with Gasteiger partial charge in [-0.3, -0.25) is 0 Å². The van der Waals surface area contributed by atoms with Gasteiger partial charge < -0.3 is 4.18 Å². The monoisotopic (exact) mass is 408 g/mol. The Hall–Kier alpha value is -1.28. The molecule has 2 aromatic carbocycles. The van der Waals surface area contributed by atoms with Crippen molar-refractivity contribution in [3.05, 3.63) is 51.5 Å². The molecule has 0 N–H and O–H groups in total. The Morgan fingerprint density at radius 2 is 1.50 bits per heavy atom. The smallest absolute Gasteiger partial charge is 0.339 e. The van der Waals surface area contributed by atoms with Gasteiger partial charge in [-0.2, -0.15) is 8.42 Å². The largest absolute Gasteiger partial charge is 0.377 e. The molecule has 2 rings (SSSR count). The first-order chi connectivity index (χ1) is 10.9. The molecule has 0 amide bonds. The standard InChI is InChI=1S/C15H14Cl2O5S2/c1-9-6-14(23(3,18)19)10(2)15(7-9)24(20,21)22-13-5-4-11(16)8-12(13)17/h4-8H,1-3H3. The molecule has 130 valence electrons. The second kappa shape index (κ2) is 6.55. The Labute approximate surface area is 151 Å². The van der Waals surface area contributed by atoms with E-state index in [-0.39, 0.29) is 26.1 Å². The van der Waals surface area contributed by atoms with Crippen molar-refractivity contribution in [2.24, 2.45) is 0 Å². The molecule has 0 unspecified atom stereocenters. The Bertz CT molecular complexity index is 1010. The van der Waals surface area contributed by atoms with Crippen LogP contribution in [-0.2, 0) is 20.0 Å². The van der Waals surface area contributed by atoms with E-state index in [1.54, 1.807) is 6.92 Å². The van der Waals surface area contributed by atoms with E-state index in [4.69, 9.17) is 27.4 Å². The van der Waals surface area contributed by atoms with E-state index in [9.17, 15) is 16.8 Å². The van der Waals surface area contributed by atoms with Gasteiger partial charge in [0.05, 0.1) is 9.92 Å². The molecule has 2 aromatic rings. The highest BCUT2D eigenvalue weighted by molar-refractivity contribution is 7.91. The number of hydrogen-bond acceptors (Lipinski definition) is 5. The van der Waals surface area contributed by atoms with Crippen molar-refractivity contribution in [2.75, 3.05) is 6.26 Å². The lowest BCUT2D eigenvalue weighted by atomic mass is 10.2. The third-order valence-electron chi connectivity index (χ3n) is 3.22. The minimum absolute atomic E-state index is 0.0275. The maximum Gasteiger partial charge on any atom is 0.339 e. The number of sulfone groups is 1. The highest BCUT2D eigenvalue weighted by atomic mass is 35.5. The normalized spacial score (nSPS) is 12.2. The molecule has 0 aliphatic rings. The lowest BCUT2D eigenvalue weighted by Gasteiger charge is -2.14. The average molecular weight is 409 g/mol. The van der Waals surface area contributed by atoms with Crippen LogP contribution in [0.1, 0.15) is 11.1 Å². The van der Waals surface area contributed by atoms with E-state index in [2.05, 4.69) is 0 Å². The van der Waals surface area contributed by atoms with Crippen LogP contribution < -0.4 is 4.18 Å². The van der Waals surface area contributed by atoms with Gasteiger partial charge in [0.15, 0.2) is 15.6 Å². The van der Waals surface area contributed by atoms with E-state index in [1.807, 2.05) is 0 Å². The van der Waals surface area contributed by atoms with Crippen LogP contribution in [0.15, 0.2) is 40.1 Å². The lowest BCUT2D eigenvalue weighted by molar-refractivity contribution is 0.485. The second-order valence-electron chi connectivity index (χ2n) is 5.27. The van der Waals surface area contributed by atoms with Crippen LogP contribution in [0.2, 0.25) is 10.0 Å². The first kappa shape index (κ1) is 19.1. The molecular weight excluding hydrogens is 395 g/mol. The predicted octanol–water partition coefficient (Wildman–Crippen LogP) is 3.78. The van der Waals surface area contributed by atoms with E-state index < -0.39 is 20.0 Å². The zero-order valence-electron chi connectivity index (χ0n) is 13.0. The summed E-state index contributed by atoms with van der Waals surface area (Å²) in [6.07, 6.45) is 1.02. The fourth-order valence-corrected chi connectivity index (χ4v) is 5.05. The van der Waals surface area contributed by atoms with Crippen molar-refractivity contribution in [3.63, 3.8) is 0 Å². The lowest BCUT2D eigenvalue weighted by Crippen LogP contribution is -2.14. The van der Waals surface area contributed by atoms with Crippen LogP contribution in [0.5, 0.6) is 5.75 Å². The van der Waals surface area contributed by atoms with Crippen LogP contribution >= 0.6 is 23.2 Å². The highest BCUT2D eigenvalue weighted by Gasteiger charge is 2.25. The van der Waals surface area contributed by atoms with E-state index in [1.165, 1.54) is 37.3 Å². The van der Waals surface area contributed by atoms with Gasteiger partial charge in [0.2, 0.25) is 0 Å². The summed E-state index contributed by atoms with van der Waals surface area (Å²) in [6, 6.07) is 6.87. The molecule has 0 bridgehead atoms. The molecule has 24 heavy (non-hydrogen) atoms. The Kier molecular flexibility index (Phi) is 5.20. The molecular formula is C15H14Cl2O5S2. The summed E-state index contributed by atoms with van der Waals surface area (Å²) in [7, 11) is -7.87. The second-order valence-corrected chi connectivity index (χ2v) is 9.61. The number of aryl methyl sites for hydroxylation is 1. The average Bonchev–Trinajstić information content (AvgIpc) is 2.42. The molecule has 0 radical (unpaired) electrons. The van der Waals surface area contributed by atoms with E-state index in [0.29, 0.717) is 10.6 Å². The van der Waals surface area contributed by atoms with Crippen LogP contribution in [0.3, 0.4) is 0 Å². The zero-order chi connectivity index (χ0) is 18.3. The predicted molar refractivity (Wildman–Crippen MR) is 93.3 cm³/mol. The third-order valence-corrected chi connectivity index (χ3v) is 6.33. The first-order valence-corrected chi connectivity index (χ1v) is 10.7. The quantitative estimate of drug-likeness (QED) is 0.719.